The van der Waals surface area contributed by atoms with Crippen molar-refractivity contribution < 1.29 is 22.5 Å². The Labute approximate surface area is 148 Å². The van der Waals surface area contributed by atoms with Crippen LogP contribution in [0.4, 0.5) is 11.4 Å². The maximum Gasteiger partial charge on any atom is 0.341 e. The number of benzene rings is 1. The summed E-state index contributed by atoms with van der Waals surface area (Å²) in [5.74, 6) is -0.784. The van der Waals surface area contributed by atoms with Crippen molar-refractivity contribution in [3.05, 3.63) is 45.6 Å². The lowest BCUT2D eigenvalue weighted by Gasteiger charge is -2.15. The summed E-state index contributed by atoms with van der Waals surface area (Å²) in [5.41, 5.74) is 1.07. The number of hydrogen-bond donors (Lipinski definition) is 2. The lowest BCUT2D eigenvalue weighted by atomic mass is 10.1. The number of aromatic nitrogens is 1. The van der Waals surface area contributed by atoms with Gasteiger partial charge in [0.2, 0.25) is 5.03 Å². The average molecular weight is 391 g/mol. The molecule has 0 aliphatic heterocycles. The SMILES string of the molecule is COC(=O)c1cnc(S(=O)(=O)O)c(Cl)c1Nc1cc(Cl)ccc1C. The zero-order valence-corrected chi connectivity index (χ0v) is 14.8. The molecule has 7 nitrogen and oxygen atoms in total. The smallest absolute Gasteiger partial charge is 0.341 e. The van der Waals surface area contributed by atoms with Crippen LogP contribution in [-0.4, -0.2) is 31.0 Å². The quantitative estimate of drug-likeness (QED) is 0.607. The molecule has 24 heavy (non-hydrogen) atoms. The Hall–Kier alpha value is -1.87. The van der Waals surface area contributed by atoms with Crippen LogP contribution < -0.4 is 5.32 Å². The van der Waals surface area contributed by atoms with Gasteiger partial charge in [0.05, 0.1) is 12.8 Å². The number of pyridine rings is 1. The second kappa shape index (κ2) is 6.94. The number of anilines is 2. The van der Waals surface area contributed by atoms with E-state index in [1.165, 1.54) is 0 Å². The normalized spacial score (nSPS) is 11.2. The third-order valence-electron chi connectivity index (χ3n) is 3.10. The standard InChI is InChI=1S/C14H12Cl2N2O5S/c1-7-3-4-8(15)5-10(7)18-12-9(14(19)23-2)6-17-13(11(12)16)24(20,21)22/h3-6H,1-2H3,(H,17,18)(H,20,21,22). The molecule has 0 fully saturated rings. The molecule has 0 aliphatic carbocycles. The topological polar surface area (TPSA) is 106 Å². The summed E-state index contributed by atoms with van der Waals surface area (Å²) in [6.45, 7) is 1.77. The number of hydrogen-bond acceptors (Lipinski definition) is 6. The molecule has 2 N–H and O–H groups in total. The minimum Gasteiger partial charge on any atom is -0.465 e. The predicted molar refractivity (Wildman–Crippen MR) is 89.9 cm³/mol. The van der Waals surface area contributed by atoms with Crippen molar-refractivity contribution in [3.63, 3.8) is 0 Å². The molecule has 0 amide bonds. The molecular formula is C14H12Cl2N2O5S. The maximum atomic E-state index is 11.9. The summed E-state index contributed by atoms with van der Waals surface area (Å²) >= 11 is 12.0. The van der Waals surface area contributed by atoms with E-state index in [1.807, 2.05) is 0 Å². The lowest BCUT2D eigenvalue weighted by Crippen LogP contribution is -2.11. The Balaban J connectivity index is 2.69. The zero-order valence-electron chi connectivity index (χ0n) is 12.5. The van der Waals surface area contributed by atoms with Gasteiger partial charge >= 0.3 is 16.1 Å². The van der Waals surface area contributed by atoms with E-state index < -0.39 is 26.1 Å². The number of carbonyl (C=O) groups is 1. The third kappa shape index (κ3) is 3.78. The van der Waals surface area contributed by atoms with Gasteiger partial charge < -0.3 is 10.1 Å². The molecule has 1 aromatic carbocycles. The maximum absolute atomic E-state index is 11.9. The van der Waals surface area contributed by atoms with Crippen LogP contribution in [0.3, 0.4) is 0 Å². The first-order valence-electron chi connectivity index (χ1n) is 6.42. The Bertz CT molecular complexity index is 916. The number of rotatable bonds is 4. The van der Waals surface area contributed by atoms with Crippen LogP contribution in [-0.2, 0) is 14.9 Å². The van der Waals surface area contributed by atoms with Crippen LogP contribution in [0.15, 0.2) is 29.4 Å². The molecule has 0 unspecified atom stereocenters. The van der Waals surface area contributed by atoms with Gasteiger partial charge in [0, 0.05) is 16.9 Å². The highest BCUT2D eigenvalue weighted by Gasteiger charge is 2.25. The van der Waals surface area contributed by atoms with Crippen LogP contribution in [0.5, 0.6) is 0 Å². The highest BCUT2D eigenvalue weighted by molar-refractivity contribution is 7.85. The second-order valence-corrected chi connectivity index (χ2v) is 6.87. The molecule has 1 aromatic heterocycles. The van der Waals surface area contributed by atoms with Crippen LogP contribution in [0.25, 0.3) is 0 Å². The first-order chi connectivity index (χ1) is 11.1. The Morgan fingerprint density at radius 3 is 2.58 bits per heavy atom. The molecule has 0 radical (unpaired) electrons. The van der Waals surface area contributed by atoms with Gasteiger partial charge in [0.1, 0.15) is 10.6 Å². The number of ether oxygens (including phenoxy) is 1. The lowest BCUT2D eigenvalue weighted by molar-refractivity contribution is 0.0601. The van der Waals surface area contributed by atoms with E-state index in [4.69, 9.17) is 23.2 Å². The Morgan fingerprint density at radius 2 is 2.00 bits per heavy atom. The van der Waals surface area contributed by atoms with Crippen molar-refractivity contribution in [2.45, 2.75) is 11.9 Å². The summed E-state index contributed by atoms with van der Waals surface area (Å²) in [4.78, 5) is 15.4. The highest BCUT2D eigenvalue weighted by atomic mass is 35.5. The van der Waals surface area contributed by atoms with Gasteiger partial charge in [-0.2, -0.15) is 8.42 Å². The number of halogens is 2. The van der Waals surface area contributed by atoms with Crippen molar-refractivity contribution >= 4 is 50.7 Å². The van der Waals surface area contributed by atoms with Crippen LogP contribution in [0.2, 0.25) is 10.0 Å². The Morgan fingerprint density at radius 1 is 1.33 bits per heavy atom. The van der Waals surface area contributed by atoms with Crippen LogP contribution in [0, 0.1) is 6.92 Å². The molecule has 128 valence electrons. The first kappa shape index (κ1) is 18.5. The predicted octanol–water partition coefficient (Wildman–Crippen LogP) is 3.47. The molecular weight excluding hydrogens is 379 g/mol. The van der Waals surface area contributed by atoms with E-state index in [2.05, 4.69) is 15.0 Å². The Kier molecular flexibility index (Phi) is 5.34. The molecule has 0 spiro atoms. The van der Waals surface area contributed by atoms with Gasteiger partial charge in [0.15, 0.2) is 0 Å². The van der Waals surface area contributed by atoms with Gasteiger partial charge in [-0.25, -0.2) is 9.78 Å². The summed E-state index contributed by atoms with van der Waals surface area (Å²) in [6, 6.07) is 4.96. The van der Waals surface area contributed by atoms with Crippen LogP contribution in [0.1, 0.15) is 15.9 Å². The number of aryl methyl sites for hydroxylation is 1. The van der Waals surface area contributed by atoms with E-state index >= 15 is 0 Å². The fourth-order valence-corrected chi connectivity index (χ4v) is 3.08. The third-order valence-corrected chi connectivity index (χ3v) is 4.61. The van der Waals surface area contributed by atoms with E-state index in [1.54, 1.807) is 25.1 Å². The fraction of sp³-hybridized carbons (Fsp3) is 0.143. The number of esters is 1. The summed E-state index contributed by atoms with van der Waals surface area (Å²) < 4.78 is 36.6. The molecule has 10 heteroatoms. The molecule has 0 atom stereocenters. The van der Waals surface area contributed by atoms with Gasteiger partial charge in [0.25, 0.3) is 0 Å². The van der Waals surface area contributed by atoms with E-state index in [0.29, 0.717) is 10.7 Å². The van der Waals surface area contributed by atoms with Crippen molar-refractivity contribution in [1.29, 1.82) is 0 Å². The van der Waals surface area contributed by atoms with Crippen molar-refractivity contribution in [2.75, 3.05) is 12.4 Å². The number of nitrogens with one attached hydrogen (secondary N) is 1. The average Bonchev–Trinajstić information content (AvgIpc) is 2.50. The van der Waals surface area contributed by atoms with Gasteiger partial charge in [-0.3, -0.25) is 4.55 Å². The molecule has 0 saturated heterocycles. The van der Waals surface area contributed by atoms with Gasteiger partial charge in [-0.05, 0) is 24.6 Å². The molecule has 0 bridgehead atoms. The minimum atomic E-state index is -4.68. The van der Waals surface area contributed by atoms with Crippen molar-refractivity contribution in [3.8, 4) is 0 Å². The molecule has 2 rings (SSSR count). The van der Waals surface area contributed by atoms with E-state index in [0.717, 1.165) is 18.9 Å². The summed E-state index contributed by atoms with van der Waals surface area (Å²) in [6.07, 6.45) is 0.947. The van der Waals surface area contributed by atoms with Gasteiger partial charge in [-0.15, -0.1) is 0 Å². The van der Waals surface area contributed by atoms with Crippen molar-refractivity contribution in [1.82, 2.24) is 4.98 Å². The summed E-state index contributed by atoms with van der Waals surface area (Å²) in [7, 11) is -3.52. The minimum absolute atomic E-state index is 0.0727. The largest absolute Gasteiger partial charge is 0.465 e. The molecule has 2 aromatic rings. The monoisotopic (exact) mass is 390 g/mol. The number of carbonyl (C=O) groups excluding carboxylic acids is 1. The molecule has 1 heterocycles. The highest BCUT2D eigenvalue weighted by Crippen LogP contribution is 2.35. The van der Waals surface area contributed by atoms with Crippen molar-refractivity contribution in [2.24, 2.45) is 0 Å². The number of methoxy groups -OCH3 is 1. The van der Waals surface area contributed by atoms with E-state index in [-0.39, 0.29) is 11.3 Å². The second-order valence-electron chi connectivity index (χ2n) is 4.72. The zero-order chi connectivity index (χ0) is 18.1. The van der Waals surface area contributed by atoms with Crippen LogP contribution >= 0.6 is 23.2 Å². The fourth-order valence-electron chi connectivity index (χ4n) is 1.90. The molecule has 0 aliphatic rings. The number of nitrogens with zero attached hydrogens (tertiary/aromatic N) is 1. The van der Waals surface area contributed by atoms with E-state index in [9.17, 15) is 17.8 Å². The summed E-state index contributed by atoms with van der Waals surface area (Å²) in [5, 5.41) is 2.04. The molecule has 0 saturated carbocycles. The first-order valence-corrected chi connectivity index (χ1v) is 8.62. The van der Waals surface area contributed by atoms with Gasteiger partial charge in [-0.1, -0.05) is 29.3 Å².